The number of hydrogen-bond donors (Lipinski definition) is 3. The van der Waals surface area contributed by atoms with Gasteiger partial charge in [-0.05, 0) is 62.0 Å². The molecule has 2 rings (SSSR count). The van der Waals surface area contributed by atoms with Gasteiger partial charge in [0, 0.05) is 18.7 Å². The van der Waals surface area contributed by atoms with Crippen molar-refractivity contribution in [2.24, 2.45) is 11.8 Å². The fourth-order valence-corrected chi connectivity index (χ4v) is 3.80. The van der Waals surface area contributed by atoms with Crippen molar-refractivity contribution in [3.63, 3.8) is 0 Å². The van der Waals surface area contributed by atoms with Crippen LogP contribution < -0.4 is 15.4 Å². The summed E-state index contributed by atoms with van der Waals surface area (Å²) in [5.74, 6) is 0.529. The van der Waals surface area contributed by atoms with Crippen molar-refractivity contribution in [1.82, 2.24) is 15.4 Å². The van der Waals surface area contributed by atoms with E-state index in [1.165, 1.54) is 12.1 Å². The quantitative estimate of drug-likeness (QED) is 0.663. The van der Waals surface area contributed by atoms with Gasteiger partial charge >= 0.3 is 0 Å². The molecule has 1 unspecified atom stereocenters. The second-order valence-electron chi connectivity index (χ2n) is 6.69. The van der Waals surface area contributed by atoms with Gasteiger partial charge in [-0.15, -0.1) is 12.4 Å². The monoisotopic (exact) mass is 389 g/mol. The summed E-state index contributed by atoms with van der Waals surface area (Å²) < 4.78 is 26.8. The van der Waals surface area contributed by atoms with E-state index >= 15 is 0 Å². The van der Waals surface area contributed by atoms with E-state index in [-0.39, 0.29) is 29.1 Å². The Morgan fingerprint density at radius 3 is 2.52 bits per heavy atom. The van der Waals surface area contributed by atoms with Crippen LogP contribution in [0.25, 0.3) is 0 Å². The van der Waals surface area contributed by atoms with Crippen molar-refractivity contribution in [2.45, 2.75) is 31.6 Å². The van der Waals surface area contributed by atoms with E-state index < -0.39 is 10.0 Å². The third-order valence-corrected chi connectivity index (χ3v) is 5.50. The number of rotatable bonds is 7. The maximum Gasteiger partial charge on any atom is 0.251 e. The third-order valence-electron chi connectivity index (χ3n) is 4.06. The maximum absolute atomic E-state index is 12.2. The Bertz CT molecular complexity index is 642. The first-order valence-corrected chi connectivity index (χ1v) is 9.95. The lowest BCUT2D eigenvalue weighted by molar-refractivity contribution is 0.0944. The molecule has 1 aromatic rings. The molecule has 0 saturated carbocycles. The van der Waals surface area contributed by atoms with E-state index in [9.17, 15) is 13.2 Å². The molecule has 25 heavy (non-hydrogen) atoms. The lowest BCUT2D eigenvalue weighted by Crippen LogP contribution is -2.38. The second-order valence-corrected chi connectivity index (χ2v) is 8.46. The lowest BCUT2D eigenvalue weighted by atomic mass is 10.00. The molecule has 0 radical (unpaired) electrons. The number of piperidine rings is 1. The fourth-order valence-electron chi connectivity index (χ4n) is 2.58. The van der Waals surface area contributed by atoms with Gasteiger partial charge in [0.2, 0.25) is 10.0 Å². The predicted octanol–water partition coefficient (Wildman–Crippen LogP) is 1.77. The highest BCUT2D eigenvalue weighted by molar-refractivity contribution is 7.89. The summed E-state index contributed by atoms with van der Waals surface area (Å²) in [6.07, 6.45) is 2.25. The smallest absolute Gasteiger partial charge is 0.251 e. The molecule has 3 N–H and O–H groups in total. The van der Waals surface area contributed by atoms with Crippen molar-refractivity contribution >= 4 is 28.3 Å². The van der Waals surface area contributed by atoms with E-state index in [1.54, 1.807) is 12.1 Å². The Labute approximate surface area is 156 Å². The molecule has 1 saturated heterocycles. The van der Waals surface area contributed by atoms with Crippen LogP contribution in [0.1, 0.15) is 37.0 Å². The van der Waals surface area contributed by atoms with Gasteiger partial charge in [0.25, 0.3) is 5.91 Å². The van der Waals surface area contributed by atoms with Crippen molar-refractivity contribution < 1.29 is 13.2 Å². The molecular formula is C17H28ClN3O3S. The number of benzene rings is 1. The summed E-state index contributed by atoms with van der Waals surface area (Å²) in [6.45, 7) is 6.89. The van der Waals surface area contributed by atoms with Gasteiger partial charge in [-0.25, -0.2) is 13.1 Å². The van der Waals surface area contributed by atoms with Gasteiger partial charge in [-0.1, -0.05) is 13.8 Å². The molecule has 0 aliphatic carbocycles. The molecule has 0 spiro atoms. The molecular weight excluding hydrogens is 362 g/mol. The topological polar surface area (TPSA) is 87.3 Å². The van der Waals surface area contributed by atoms with Gasteiger partial charge in [0.15, 0.2) is 0 Å². The lowest BCUT2D eigenvalue weighted by Gasteiger charge is -2.22. The van der Waals surface area contributed by atoms with Crippen LogP contribution in [-0.2, 0) is 10.0 Å². The average Bonchev–Trinajstić information content (AvgIpc) is 2.59. The number of sulfonamides is 1. The van der Waals surface area contributed by atoms with Gasteiger partial charge in [0.1, 0.15) is 0 Å². The minimum atomic E-state index is -3.52. The zero-order chi connectivity index (χ0) is 17.6. The van der Waals surface area contributed by atoms with Crippen LogP contribution in [0.4, 0.5) is 0 Å². The van der Waals surface area contributed by atoms with Crippen molar-refractivity contribution in [3.8, 4) is 0 Å². The van der Waals surface area contributed by atoms with Crippen molar-refractivity contribution in [1.29, 1.82) is 0 Å². The number of carbonyl (C=O) groups is 1. The molecule has 1 atom stereocenters. The molecule has 1 heterocycles. The molecule has 1 fully saturated rings. The Morgan fingerprint density at radius 2 is 1.96 bits per heavy atom. The zero-order valence-electron chi connectivity index (χ0n) is 14.7. The molecule has 1 aliphatic heterocycles. The van der Waals surface area contributed by atoms with E-state index in [4.69, 9.17) is 0 Å². The average molecular weight is 390 g/mol. The number of hydrogen-bond acceptors (Lipinski definition) is 4. The fraction of sp³-hybridized carbons (Fsp3) is 0.588. The summed E-state index contributed by atoms with van der Waals surface area (Å²) in [5.41, 5.74) is 0.474. The van der Waals surface area contributed by atoms with Gasteiger partial charge < -0.3 is 10.6 Å². The van der Waals surface area contributed by atoms with Gasteiger partial charge in [-0.2, -0.15) is 0 Å². The number of nitrogens with one attached hydrogen (secondary N) is 3. The van der Waals surface area contributed by atoms with Crippen LogP contribution in [-0.4, -0.2) is 40.5 Å². The molecule has 1 aliphatic rings. The largest absolute Gasteiger partial charge is 0.352 e. The maximum atomic E-state index is 12.2. The SMILES string of the molecule is CC(C)CNS(=O)(=O)c1ccc(C(=O)NCC2CCCNC2)cc1.Cl. The first-order valence-electron chi connectivity index (χ1n) is 8.47. The van der Waals surface area contributed by atoms with Crippen LogP contribution >= 0.6 is 12.4 Å². The summed E-state index contributed by atoms with van der Waals surface area (Å²) in [7, 11) is -3.52. The summed E-state index contributed by atoms with van der Waals surface area (Å²) in [6, 6.07) is 6.05. The summed E-state index contributed by atoms with van der Waals surface area (Å²) in [4.78, 5) is 12.3. The minimum absolute atomic E-state index is 0. The standard InChI is InChI=1S/C17H27N3O3S.ClH/c1-13(2)10-20-24(22,23)16-7-5-15(6-8-16)17(21)19-12-14-4-3-9-18-11-14;/h5-8,13-14,18,20H,3-4,9-12H2,1-2H3,(H,19,21);1H. The van der Waals surface area contributed by atoms with Crippen molar-refractivity contribution in [2.75, 3.05) is 26.2 Å². The van der Waals surface area contributed by atoms with Crippen molar-refractivity contribution in [3.05, 3.63) is 29.8 Å². The number of halogens is 1. The highest BCUT2D eigenvalue weighted by atomic mass is 35.5. The molecule has 142 valence electrons. The van der Waals surface area contributed by atoms with Gasteiger partial charge in [0.05, 0.1) is 4.90 Å². The van der Waals surface area contributed by atoms with Crippen LogP contribution in [0.3, 0.4) is 0 Å². The first-order chi connectivity index (χ1) is 11.4. The Balaban J connectivity index is 0.00000312. The van der Waals surface area contributed by atoms with E-state index in [0.29, 0.717) is 24.6 Å². The minimum Gasteiger partial charge on any atom is -0.352 e. The first kappa shape index (κ1) is 21.9. The zero-order valence-corrected chi connectivity index (χ0v) is 16.4. The van der Waals surface area contributed by atoms with Crippen LogP contribution in [0.2, 0.25) is 0 Å². The van der Waals surface area contributed by atoms with Crippen LogP contribution in [0, 0.1) is 11.8 Å². The van der Waals surface area contributed by atoms with Crippen LogP contribution in [0.5, 0.6) is 0 Å². The van der Waals surface area contributed by atoms with E-state index in [1.807, 2.05) is 13.8 Å². The highest BCUT2D eigenvalue weighted by Gasteiger charge is 2.17. The number of carbonyl (C=O) groups excluding carboxylic acids is 1. The third kappa shape index (κ3) is 6.93. The Kier molecular flexibility index (Phi) is 8.85. The van der Waals surface area contributed by atoms with Gasteiger partial charge in [-0.3, -0.25) is 4.79 Å². The highest BCUT2D eigenvalue weighted by Crippen LogP contribution is 2.12. The Morgan fingerprint density at radius 1 is 1.28 bits per heavy atom. The molecule has 8 heteroatoms. The normalized spacial score (nSPS) is 17.8. The Hall–Kier alpha value is -1.15. The molecule has 1 amide bonds. The van der Waals surface area contributed by atoms with Crippen LogP contribution in [0.15, 0.2) is 29.2 Å². The predicted molar refractivity (Wildman–Crippen MR) is 102 cm³/mol. The van der Waals surface area contributed by atoms with E-state index in [0.717, 1.165) is 25.9 Å². The molecule has 1 aromatic carbocycles. The summed E-state index contributed by atoms with van der Waals surface area (Å²) in [5, 5.41) is 6.24. The van der Waals surface area contributed by atoms with E-state index in [2.05, 4.69) is 15.4 Å². The summed E-state index contributed by atoms with van der Waals surface area (Å²) >= 11 is 0. The molecule has 6 nitrogen and oxygen atoms in total. The molecule has 0 bridgehead atoms. The number of amides is 1. The second kappa shape index (κ2) is 10.1. The molecule has 0 aromatic heterocycles.